The molecule has 0 aliphatic carbocycles. The van der Waals surface area contributed by atoms with Gasteiger partial charge in [0.25, 0.3) is 0 Å². The van der Waals surface area contributed by atoms with Crippen LogP contribution in [-0.4, -0.2) is 62.1 Å². The molecule has 0 unspecified atom stereocenters. The molecule has 2 rings (SSSR count). The summed E-state index contributed by atoms with van der Waals surface area (Å²) < 4.78 is 52.7. The highest BCUT2D eigenvalue weighted by Gasteiger charge is 2.31. The maximum atomic E-state index is 13.7. The molecule has 9 heteroatoms. The number of piperazine rings is 1. The van der Waals surface area contributed by atoms with Gasteiger partial charge in [0.1, 0.15) is 16.5 Å². The molecule has 0 atom stereocenters. The average Bonchev–Trinajstić information content (AvgIpc) is 2.43. The molecule has 0 bridgehead atoms. The Hall–Kier alpha value is -1.29. The number of nitrogens with two attached hydrogens (primary N) is 1. The Balaban J connectivity index is 2.22. The molecule has 1 aliphatic rings. The zero-order valence-electron chi connectivity index (χ0n) is 11.3. The van der Waals surface area contributed by atoms with Crippen LogP contribution in [0.1, 0.15) is 0 Å². The minimum atomic E-state index is -4.05. The van der Waals surface area contributed by atoms with E-state index in [9.17, 15) is 17.2 Å². The van der Waals surface area contributed by atoms with E-state index in [1.807, 2.05) is 4.90 Å². The van der Waals surface area contributed by atoms with Crippen molar-refractivity contribution in [3.05, 3.63) is 23.8 Å². The summed E-state index contributed by atoms with van der Waals surface area (Å²) in [5, 5.41) is 8.84. The number of anilines is 1. The summed E-state index contributed by atoms with van der Waals surface area (Å²) in [6.07, 6.45) is 0. The van der Waals surface area contributed by atoms with Crippen molar-refractivity contribution in [2.75, 3.05) is 45.1 Å². The third-order valence-corrected chi connectivity index (χ3v) is 5.33. The second-order valence-corrected chi connectivity index (χ2v) is 6.68. The van der Waals surface area contributed by atoms with Gasteiger partial charge in [-0.1, -0.05) is 0 Å². The Kier molecular flexibility index (Phi) is 4.77. The zero-order chi connectivity index (χ0) is 15.6. The largest absolute Gasteiger partial charge is 0.396 e. The summed E-state index contributed by atoms with van der Waals surface area (Å²) in [5.74, 6) is -2.14. The number of benzene rings is 1. The van der Waals surface area contributed by atoms with Crippen LogP contribution in [0.2, 0.25) is 0 Å². The summed E-state index contributed by atoms with van der Waals surface area (Å²) in [6.45, 7) is 1.70. The summed E-state index contributed by atoms with van der Waals surface area (Å²) >= 11 is 0. The first-order chi connectivity index (χ1) is 9.86. The molecule has 0 aromatic heterocycles. The monoisotopic (exact) mass is 321 g/mol. The number of nitrogen functional groups attached to an aromatic ring is 1. The summed E-state index contributed by atoms with van der Waals surface area (Å²) in [7, 11) is -4.05. The van der Waals surface area contributed by atoms with Gasteiger partial charge in [-0.2, -0.15) is 4.31 Å². The lowest BCUT2D eigenvalue weighted by Crippen LogP contribution is -2.49. The highest BCUT2D eigenvalue weighted by atomic mass is 32.2. The molecule has 0 radical (unpaired) electrons. The van der Waals surface area contributed by atoms with Gasteiger partial charge in [-0.3, -0.25) is 4.90 Å². The predicted molar refractivity (Wildman–Crippen MR) is 73.1 cm³/mol. The Morgan fingerprint density at radius 1 is 1.14 bits per heavy atom. The van der Waals surface area contributed by atoms with E-state index in [-0.39, 0.29) is 19.7 Å². The van der Waals surface area contributed by atoms with Crippen molar-refractivity contribution in [2.45, 2.75) is 4.90 Å². The number of hydrogen-bond acceptors (Lipinski definition) is 5. The van der Waals surface area contributed by atoms with Crippen LogP contribution in [0.15, 0.2) is 17.0 Å². The van der Waals surface area contributed by atoms with Gasteiger partial charge in [-0.05, 0) is 6.07 Å². The second kappa shape index (κ2) is 6.22. The van der Waals surface area contributed by atoms with E-state index >= 15 is 0 Å². The average molecular weight is 321 g/mol. The third-order valence-electron chi connectivity index (χ3n) is 3.42. The van der Waals surface area contributed by atoms with Gasteiger partial charge >= 0.3 is 0 Å². The highest BCUT2D eigenvalue weighted by molar-refractivity contribution is 7.89. The van der Waals surface area contributed by atoms with Crippen molar-refractivity contribution in [2.24, 2.45) is 0 Å². The van der Waals surface area contributed by atoms with Crippen LogP contribution in [-0.2, 0) is 10.0 Å². The molecule has 1 aliphatic heterocycles. The lowest BCUT2D eigenvalue weighted by Gasteiger charge is -2.33. The number of rotatable bonds is 4. The summed E-state index contributed by atoms with van der Waals surface area (Å²) in [6, 6.07) is 1.28. The standard InChI is InChI=1S/C12H17F2N3O3S/c13-9-7-10(14)12(8-11(9)15)21(19,20)17-3-1-16(2-4-17)5-6-18/h7-8,18H,1-6,15H2. The second-order valence-electron chi connectivity index (χ2n) is 4.77. The van der Waals surface area contributed by atoms with Crippen molar-refractivity contribution < 1.29 is 22.3 Å². The topological polar surface area (TPSA) is 86.9 Å². The van der Waals surface area contributed by atoms with E-state index in [0.29, 0.717) is 25.7 Å². The molecular formula is C12H17F2N3O3S. The smallest absolute Gasteiger partial charge is 0.246 e. The van der Waals surface area contributed by atoms with Crippen LogP contribution in [0.4, 0.5) is 14.5 Å². The fourth-order valence-electron chi connectivity index (χ4n) is 2.22. The van der Waals surface area contributed by atoms with Crippen LogP contribution >= 0.6 is 0 Å². The number of halogens is 2. The summed E-state index contributed by atoms with van der Waals surface area (Å²) in [4.78, 5) is 1.29. The number of β-amino-alcohol motifs (C(OH)–C–C–N with tert-alkyl or cyclic N) is 1. The number of sulfonamides is 1. The number of nitrogens with zero attached hydrogens (tertiary/aromatic N) is 2. The first-order valence-electron chi connectivity index (χ1n) is 6.44. The van der Waals surface area contributed by atoms with Gasteiger partial charge in [0.2, 0.25) is 10.0 Å². The van der Waals surface area contributed by atoms with E-state index in [2.05, 4.69) is 0 Å². The van der Waals surface area contributed by atoms with Crippen molar-refractivity contribution >= 4 is 15.7 Å². The van der Waals surface area contributed by atoms with Crippen LogP contribution in [0, 0.1) is 11.6 Å². The minimum absolute atomic E-state index is 0.00409. The lowest BCUT2D eigenvalue weighted by atomic mass is 10.3. The van der Waals surface area contributed by atoms with Gasteiger partial charge in [-0.25, -0.2) is 17.2 Å². The minimum Gasteiger partial charge on any atom is -0.396 e. The van der Waals surface area contributed by atoms with E-state index in [0.717, 1.165) is 10.4 Å². The maximum Gasteiger partial charge on any atom is 0.246 e. The maximum absolute atomic E-state index is 13.7. The molecule has 0 spiro atoms. The van der Waals surface area contributed by atoms with Crippen LogP contribution < -0.4 is 5.73 Å². The number of aliphatic hydroxyl groups is 1. The molecule has 0 saturated carbocycles. The first-order valence-corrected chi connectivity index (χ1v) is 7.88. The fourth-order valence-corrected chi connectivity index (χ4v) is 3.72. The van der Waals surface area contributed by atoms with E-state index in [1.54, 1.807) is 0 Å². The molecule has 0 amide bonds. The quantitative estimate of drug-likeness (QED) is 0.753. The molecule has 21 heavy (non-hydrogen) atoms. The molecule has 6 nitrogen and oxygen atoms in total. The molecule has 118 valence electrons. The molecule has 1 aromatic rings. The molecule has 1 fully saturated rings. The van der Waals surface area contributed by atoms with Crippen molar-refractivity contribution in [1.29, 1.82) is 0 Å². The van der Waals surface area contributed by atoms with Crippen LogP contribution in [0.3, 0.4) is 0 Å². The van der Waals surface area contributed by atoms with Crippen molar-refractivity contribution in [3.8, 4) is 0 Å². The summed E-state index contributed by atoms with van der Waals surface area (Å²) in [5.41, 5.74) is 4.91. The Morgan fingerprint density at radius 3 is 2.33 bits per heavy atom. The SMILES string of the molecule is Nc1cc(S(=O)(=O)N2CCN(CCO)CC2)c(F)cc1F. The Labute approximate surface area is 121 Å². The Morgan fingerprint density at radius 2 is 1.76 bits per heavy atom. The van der Waals surface area contributed by atoms with Crippen LogP contribution in [0.25, 0.3) is 0 Å². The highest BCUT2D eigenvalue weighted by Crippen LogP contribution is 2.24. The van der Waals surface area contributed by atoms with E-state index < -0.39 is 32.2 Å². The lowest BCUT2D eigenvalue weighted by molar-refractivity contribution is 0.151. The van der Waals surface area contributed by atoms with Crippen molar-refractivity contribution in [1.82, 2.24) is 9.21 Å². The predicted octanol–water partition coefficient (Wildman–Crippen LogP) is -0.154. The van der Waals surface area contributed by atoms with Gasteiger partial charge in [0.15, 0.2) is 0 Å². The molecular weight excluding hydrogens is 304 g/mol. The van der Waals surface area contributed by atoms with Gasteiger partial charge < -0.3 is 10.8 Å². The van der Waals surface area contributed by atoms with Gasteiger partial charge in [-0.15, -0.1) is 0 Å². The van der Waals surface area contributed by atoms with Gasteiger partial charge in [0.05, 0.1) is 12.3 Å². The van der Waals surface area contributed by atoms with E-state index in [4.69, 9.17) is 10.8 Å². The molecule has 1 heterocycles. The third kappa shape index (κ3) is 3.31. The van der Waals surface area contributed by atoms with E-state index in [1.165, 1.54) is 0 Å². The van der Waals surface area contributed by atoms with Crippen molar-refractivity contribution in [3.63, 3.8) is 0 Å². The molecule has 1 aromatic carbocycles. The Bertz CT molecular complexity index is 616. The number of hydrogen-bond donors (Lipinski definition) is 2. The van der Waals surface area contributed by atoms with Gasteiger partial charge in [0, 0.05) is 38.8 Å². The number of aliphatic hydroxyl groups excluding tert-OH is 1. The zero-order valence-corrected chi connectivity index (χ0v) is 12.1. The molecule has 3 N–H and O–H groups in total. The van der Waals surface area contributed by atoms with Crippen LogP contribution in [0.5, 0.6) is 0 Å². The fraction of sp³-hybridized carbons (Fsp3) is 0.500. The normalized spacial score (nSPS) is 18.0. The molecule has 1 saturated heterocycles. The first kappa shape index (κ1) is 16.1.